The van der Waals surface area contributed by atoms with Gasteiger partial charge < -0.3 is 5.32 Å². The van der Waals surface area contributed by atoms with Crippen molar-refractivity contribution in [2.24, 2.45) is 7.05 Å². The number of pyridine rings is 1. The van der Waals surface area contributed by atoms with Crippen LogP contribution in [0.15, 0.2) is 18.2 Å². The molecule has 2 aromatic heterocycles. The van der Waals surface area contributed by atoms with Gasteiger partial charge in [-0.25, -0.2) is 4.98 Å². The molecule has 2 heterocycles. The average molecular weight is 324 g/mol. The fraction of sp³-hybridized carbons (Fsp3) is 0.400. The van der Waals surface area contributed by atoms with Crippen molar-refractivity contribution in [3.8, 4) is 0 Å². The lowest BCUT2D eigenvalue weighted by Gasteiger charge is -2.09. The third-order valence-electron chi connectivity index (χ3n) is 3.77. The van der Waals surface area contributed by atoms with Crippen molar-refractivity contribution < 1.29 is 18.0 Å². The summed E-state index contributed by atoms with van der Waals surface area (Å²) in [7, 11) is 1.73. The highest BCUT2D eigenvalue weighted by atomic mass is 19.4. The van der Waals surface area contributed by atoms with Gasteiger partial charge in [-0.2, -0.15) is 18.3 Å². The topological polar surface area (TPSA) is 59.8 Å². The fourth-order valence-corrected chi connectivity index (χ4v) is 2.75. The van der Waals surface area contributed by atoms with Crippen molar-refractivity contribution in [3.05, 3.63) is 40.8 Å². The molecule has 1 N–H and O–H groups in total. The highest BCUT2D eigenvalue weighted by Gasteiger charge is 2.32. The number of fused-ring (bicyclic) bond motifs is 1. The zero-order valence-electron chi connectivity index (χ0n) is 12.4. The van der Waals surface area contributed by atoms with E-state index in [-0.39, 0.29) is 12.1 Å². The van der Waals surface area contributed by atoms with Crippen molar-refractivity contribution in [1.82, 2.24) is 14.8 Å². The van der Waals surface area contributed by atoms with E-state index in [4.69, 9.17) is 0 Å². The Labute approximate surface area is 130 Å². The van der Waals surface area contributed by atoms with Crippen LogP contribution >= 0.6 is 0 Å². The first-order valence-corrected chi connectivity index (χ1v) is 7.22. The van der Waals surface area contributed by atoms with Crippen LogP contribution in [-0.4, -0.2) is 20.7 Å². The van der Waals surface area contributed by atoms with Gasteiger partial charge in [-0.05, 0) is 31.4 Å². The van der Waals surface area contributed by atoms with E-state index in [2.05, 4.69) is 15.4 Å². The Kier molecular flexibility index (Phi) is 3.83. The Morgan fingerprint density at radius 3 is 2.87 bits per heavy atom. The zero-order chi connectivity index (χ0) is 16.6. The Balaban J connectivity index is 1.73. The number of rotatable bonds is 3. The van der Waals surface area contributed by atoms with Crippen LogP contribution in [0.4, 0.5) is 19.0 Å². The number of hydrogen-bond acceptors (Lipinski definition) is 3. The predicted octanol–water partition coefficient (Wildman–Crippen LogP) is 2.50. The molecule has 3 rings (SSSR count). The Morgan fingerprint density at radius 1 is 1.35 bits per heavy atom. The number of nitrogens with one attached hydrogen (secondary N) is 1. The molecule has 0 saturated carbocycles. The van der Waals surface area contributed by atoms with E-state index in [0.717, 1.165) is 36.6 Å². The molecule has 1 aliphatic carbocycles. The van der Waals surface area contributed by atoms with E-state index in [1.165, 1.54) is 12.1 Å². The summed E-state index contributed by atoms with van der Waals surface area (Å²) in [6, 6.07) is 3.54. The second-order valence-electron chi connectivity index (χ2n) is 5.49. The van der Waals surface area contributed by atoms with Crippen LogP contribution in [0, 0.1) is 0 Å². The van der Waals surface area contributed by atoms with Crippen LogP contribution < -0.4 is 5.32 Å². The average Bonchev–Trinajstić information content (AvgIpc) is 3.01. The molecule has 122 valence electrons. The van der Waals surface area contributed by atoms with Gasteiger partial charge in [0.1, 0.15) is 11.5 Å². The lowest BCUT2D eigenvalue weighted by atomic mass is 10.2. The van der Waals surface area contributed by atoms with Crippen LogP contribution in [0.5, 0.6) is 0 Å². The van der Waals surface area contributed by atoms with Gasteiger partial charge in [-0.15, -0.1) is 0 Å². The minimum atomic E-state index is -4.52. The smallest absolute Gasteiger partial charge is 0.310 e. The van der Waals surface area contributed by atoms with Gasteiger partial charge in [0.15, 0.2) is 0 Å². The molecule has 0 atom stereocenters. The Morgan fingerprint density at radius 2 is 2.13 bits per heavy atom. The van der Waals surface area contributed by atoms with Gasteiger partial charge in [0.25, 0.3) is 0 Å². The molecule has 0 aromatic carbocycles. The normalized spacial score (nSPS) is 13.9. The fourth-order valence-electron chi connectivity index (χ4n) is 2.75. The molecule has 5 nitrogen and oxygen atoms in total. The number of alkyl halides is 3. The van der Waals surface area contributed by atoms with E-state index < -0.39 is 17.8 Å². The largest absolute Gasteiger partial charge is 0.433 e. The van der Waals surface area contributed by atoms with Crippen LogP contribution in [0.25, 0.3) is 0 Å². The molecular formula is C15H15F3N4O. The summed E-state index contributed by atoms with van der Waals surface area (Å²) >= 11 is 0. The number of nitrogens with zero attached hydrogens (tertiary/aromatic N) is 3. The lowest BCUT2D eigenvalue weighted by molar-refractivity contribution is -0.141. The second kappa shape index (κ2) is 5.68. The van der Waals surface area contributed by atoms with Crippen molar-refractivity contribution in [1.29, 1.82) is 0 Å². The number of anilines is 1. The van der Waals surface area contributed by atoms with E-state index in [1.807, 2.05) is 0 Å². The van der Waals surface area contributed by atoms with Crippen LogP contribution in [0.1, 0.15) is 29.1 Å². The molecule has 0 unspecified atom stereocenters. The lowest BCUT2D eigenvalue weighted by Crippen LogP contribution is -2.19. The first kappa shape index (κ1) is 15.5. The van der Waals surface area contributed by atoms with E-state index >= 15 is 0 Å². The number of hydrogen-bond donors (Lipinski definition) is 1. The van der Waals surface area contributed by atoms with E-state index in [0.29, 0.717) is 5.82 Å². The predicted molar refractivity (Wildman–Crippen MR) is 76.8 cm³/mol. The van der Waals surface area contributed by atoms with Crippen molar-refractivity contribution in [3.63, 3.8) is 0 Å². The summed E-state index contributed by atoms with van der Waals surface area (Å²) in [5, 5.41) is 7.07. The van der Waals surface area contributed by atoms with Crippen molar-refractivity contribution >= 4 is 11.7 Å². The van der Waals surface area contributed by atoms with E-state index in [1.54, 1.807) is 11.7 Å². The maximum Gasteiger partial charge on any atom is 0.433 e. The molecule has 0 bridgehead atoms. The number of carbonyl (C=O) groups is 1. The highest BCUT2D eigenvalue weighted by molar-refractivity contribution is 5.92. The number of aromatic nitrogens is 3. The molecule has 1 aliphatic rings. The third-order valence-corrected chi connectivity index (χ3v) is 3.77. The molecule has 0 aliphatic heterocycles. The SMILES string of the molecule is Cn1nc2c(c1NC(=O)Cc1cccc(C(F)(F)F)n1)CCC2. The summed E-state index contributed by atoms with van der Waals surface area (Å²) in [6.45, 7) is 0. The Bertz CT molecular complexity index is 752. The van der Waals surface area contributed by atoms with Crippen molar-refractivity contribution in [2.75, 3.05) is 5.32 Å². The van der Waals surface area contributed by atoms with Gasteiger partial charge in [0.05, 0.1) is 17.8 Å². The quantitative estimate of drug-likeness (QED) is 0.944. The summed E-state index contributed by atoms with van der Waals surface area (Å²) in [6.07, 6.45) is -2.01. The monoisotopic (exact) mass is 324 g/mol. The van der Waals surface area contributed by atoms with Gasteiger partial charge in [-0.3, -0.25) is 9.48 Å². The molecule has 0 spiro atoms. The highest BCUT2D eigenvalue weighted by Crippen LogP contribution is 2.29. The number of amides is 1. The molecule has 1 amide bonds. The van der Waals surface area contributed by atoms with E-state index in [9.17, 15) is 18.0 Å². The van der Waals surface area contributed by atoms with Gasteiger partial charge in [0.2, 0.25) is 5.91 Å². The number of aryl methyl sites for hydroxylation is 2. The zero-order valence-corrected chi connectivity index (χ0v) is 12.4. The van der Waals surface area contributed by atoms with Crippen LogP contribution in [0.2, 0.25) is 0 Å². The Hall–Kier alpha value is -2.38. The summed E-state index contributed by atoms with van der Waals surface area (Å²) in [5.74, 6) is 0.212. The first-order valence-electron chi connectivity index (χ1n) is 7.22. The molecule has 8 heteroatoms. The second-order valence-corrected chi connectivity index (χ2v) is 5.49. The molecule has 0 radical (unpaired) electrons. The molecule has 2 aromatic rings. The van der Waals surface area contributed by atoms with Gasteiger partial charge in [-0.1, -0.05) is 6.07 Å². The standard InChI is InChI=1S/C15H15F3N4O/c1-22-14(10-5-3-6-11(10)21-22)20-13(23)8-9-4-2-7-12(19-9)15(16,17)18/h2,4,7H,3,5-6,8H2,1H3,(H,20,23). The van der Waals surface area contributed by atoms with Gasteiger partial charge in [0, 0.05) is 12.6 Å². The summed E-state index contributed by atoms with van der Waals surface area (Å²) in [5.41, 5.74) is 1.07. The van der Waals surface area contributed by atoms with Gasteiger partial charge >= 0.3 is 6.18 Å². The summed E-state index contributed by atoms with van der Waals surface area (Å²) in [4.78, 5) is 15.6. The number of carbonyl (C=O) groups excluding carboxylic acids is 1. The van der Waals surface area contributed by atoms with Crippen LogP contribution in [-0.2, 0) is 37.3 Å². The molecule has 0 saturated heterocycles. The van der Waals surface area contributed by atoms with Crippen LogP contribution in [0.3, 0.4) is 0 Å². The minimum absolute atomic E-state index is 0.0798. The maximum atomic E-state index is 12.6. The molecule has 0 fully saturated rings. The van der Waals surface area contributed by atoms with Crippen molar-refractivity contribution in [2.45, 2.75) is 31.9 Å². The third kappa shape index (κ3) is 3.20. The number of halogens is 3. The first-order chi connectivity index (χ1) is 10.8. The molecule has 23 heavy (non-hydrogen) atoms. The maximum absolute atomic E-state index is 12.6. The molecular weight excluding hydrogens is 309 g/mol. The minimum Gasteiger partial charge on any atom is -0.310 e. The summed E-state index contributed by atoms with van der Waals surface area (Å²) < 4.78 is 39.5.